The van der Waals surface area contributed by atoms with Crippen LogP contribution in [0.25, 0.3) is 0 Å². The van der Waals surface area contributed by atoms with E-state index < -0.39 is 10.8 Å². The van der Waals surface area contributed by atoms with Crippen LogP contribution in [-0.2, 0) is 4.79 Å². The molecule has 26 heavy (non-hydrogen) atoms. The lowest BCUT2D eigenvalue weighted by Gasteiger charge is -2.28. The first-order chi connectivity index (χ1) is 12.5. The molecule has 4 unspecified atom stereocenters. The SMILES string of the molecule is CC(N/C=C(/C#N)C(=O)Nc1ccccc1[N+](=O)[O-])C1CC2CCC1C2. The van der Waals surface area contributed by atoms with Crippen LogP contribution >= 0.6 is 0 Å². The first-order valence-electron chi connectivity index (χ1n) is 8.90. The van der Waals surface area contributed by atoms with Crippen LogP contribution in [0.5, 0.6) is 0 Å². The van der Waals surface area contributed by atoms with Crippen LogP contribution < -0.4 is 10.6 Å². The molecule has 0 aliphatic heterocycles. The number of benzene rings is 1. The van der Waals surface area contributed by atoms with Gasteiger partial charge in [0.2, 0.25) is 0 Å². The number of carbonyl (C=O) groups is 1. The summed E-state index contributed by atoms with van der Waals surface area (Å²) in [6, 6.07) is 7.91. The Bertz CT molecular complexity index is 783. The van der Waals surface area contributed by atoms with Crippen LogP contribution in [0.3, 0.4) is 0 Å². The number of hydrogen-bond donors (Lipinski definition) is 2. The van der Waals surface area contributed by atoms with Crippen LogP contribution in [-0.4, -0.2) is 16.9 Å². The second-order valence-corrected chi connectivity index (χ2v) is 7.19. The second-order valence-electron chi connectivity index (χ2n) is 7.19. The van der Waals surface area contributed by atoms with Crippen LogP contribution in [0, 0.1) is 39.2 Å². The Balaban J connectivity index is 1.65. The van der Waals surface area contributed by atoms with Crippen molar-refractivity contribution in [1.82, 2.24) is 5.32 Å². The monoisotopic (exact) mass is 354 g/mol. The van der Waals surface area contributed by atoms with Crippen LogP contribution in [0.1, 0.15) is 32.6 Å². The number of anilines is 1. The minimum atomic E-state index is -0.658. The number of para-hydroxylation sites is 2. The van der Waals surface area contributed by atoms with Crippen molar-refractivity contribution in [1.29, 1.82) is 5.26 Å². The Morgan fingerprint density at radius 2 is 2.15 bits per heavy atom. The fraction of sp³-hybridized carbons (Fsp3) is 0.474. The maximum Gasteiger partial charge on any atom is 0.292 e. The Morgan fingerprint density at radius 3 is 2.77 bits per heavy atom. The van der Waals surface area contributed by atoms with E-state index in [9.17, 15) is 20.2 Å². The molecule has 0 aromatic heterocycles. The van der Waals surface area contributed by atoms with Gasteiger partial charge in [0.05, 0.1) is 4.92 Å². The third kappa shape index (κ3) is 3.69. The van der Waals surface area contributed by atoms with Gasteiger partial charge in [0, 0.05) is 18.3 Å². The van der Waals surface area contributed by atoms with E-state index in [2.05, 4.69) is 17.6 Å². The van der Waals surface area contributed by atoms with Crippen molar-refractivity contribution in [2.75, 3.05) is 5.32 Å². The summed E-state index contributed by atoms with van der Waals surface area (Å²) in [6.45, 7) is 2.08. The molecule has 2 aliphatic rings. The summed E-state index contributed by atoms with van der Waals surface area (Å²) in [5.41, 5.74) is -0.232. The summed E-state index contributed by atoms with van der Waals surface area (Å²) in [7, 11) is 0. The number of hydrogen-bond acceptors (Lipinski definition) is 5. The van der Waals surface area contributed by atoms with Gasteiger partial charge in [0.25, 0.3) is 11.6 Å². The van der Waals surface area contributed by atoms with Gasteiger partial charge >= 0.3 is 0 Å². The predicted molar refractivity (Wildman–Crippen MR) is 97.0 cm³/mol. The topological polar surface area (TPSA) is 108 Å². The van der Waals surface area contributed by atoms with E-state index in [0.717, 1.165) is 11.8 Å². The van der Waals surface area contributed by atoms with Crippen molar-refractivity contribution in [2.24, 2.45) is 17.8 Å². The highest BCUT2D eigenvalue weighted by molar-refractivity contribution is 6.07. The van der Waals surface area contributed by atoms with E-state index in [0.29, 0.717) is 5.92 Å². The van der Waals surface area contributed by atoms with Crippen molar-refractivity contribution >= 4 is 17.3 Å². The molecule has 4 atom stereocenters. The molecule has 0 radical (unpaired) electrons. The molecule has 2 N–H and O–H groups in total. The fourth-order valence-corrected chi connectivity index (χ4v) is 4.32. The molecule has 136 valence electrons. The van der Waals surface area contributed by atoms with Gasteiger partial charge in [-0.25, -0.2) is 0 Å². The van der Waals surface area contributed by atoms with Gasteiger partial charge in [-0.15, -0.1) is 0 Å². The zero-order valence-corrected chi connectivity index (χ0v) is 14.6. The van der Waals surface area contributed by atoms with E-state index in [1.165, 1.54) is 50.1 Å². The van der Waals surface area contributed by atoms with Gasteiger partial charge in [-0.2, -0.15) is 5.26 Å². The van der Waals surface area contributed by atoms with Crippen molar-refractivity contribution in [3.63, 3.8) is 0 Å². The number of fused-ring (bicyclic) bond motifs is 2. The van der Waals surface area contributed by atoms with Gasteiger partial charge < -0.3 is 10.6 Å². The number of amides is 1. The van der Waals surface area contributed by atoms with Crippen molar-refractivity contribution in [3.8, 4) is 6.07 Å². The largest absolute Gasteiger partial charge is 0.387 e. The number of nitro groups is 1. The number of rotatable bonds is 6. The number of nitrogens with zero attached hydrogens (tertiary/aromatic N) is 2. The van der Waals surface area contributed by atoms with E-state index in [4.69, 9.17) is 0 Å². The van der Waals surface area contributed by atoms with Crippen LogP contribution in [0.4, 0.5) is 11.4 Å². The molecule has 1 amide bonds. The number of nitriles is 1. The summed E-state index contributed by atoms with van der Waals surface area (Å²) < 4.78 is 0. The highest BCUT2D eigenvalue weighted by atomic mass is 16.6. The number of nitro benzene ring substituents is 1. The van der Waals surface area contributed by atoms with Crippen molar-refractivity contribution in [3.05, 3.63) is 46.2 Å². The minimum Gasteiger partial charge on any atom is -0.387 e. The average Bonchev–Trinajstić information content (AvgIpc) is 3.25. The molecule has 7 nitrogen and oxygen atoms in total. The summed E-state index contributed by atoms with van der Waals surface area (Å²) in [5, 5.41) is 26.0. The first-order valence-corrected chi connectivity index (χ1v) is 8.90. The fourth-order valence-electron chi connectivity index (χ4n) is 4.32. The molecule has 0 heterocycles. The lowest BCUT2D eigenvalue weighted by molar-refractivity contribution is -0.383. The highest BCUT2D eigenvalue weighted by Gasteiger charge is 2.41. The summed E-state index contributed by atoms with van der Waals surface area (Å²) >= 11 is 0. The molecule has 7 heteroatoms. The summed E-state index contributed by atoms with van der Waals surface area (Å²) in [5.74, 6) is 1.48. The van der Waals surface area contributed by atoms with E-state index >= 15 is 0 Å². The molecular weight excluding hydrogens is 332 g/mol. The van der Waals surface area contributed by atoms with Gasteiger partial charge in [-0.05, 0) is 50.0 Å². The third-order valence-corrected chi connectivity index (χ3v) is 5.64. The van der Waals surface area contributed by atoms with E-state index in [1.807, 2.05) is 6.07 Å². The minimum absolute atomic E-state index is 0.0739. The molecular formula is C19H22N4O3. The standard InChI is InChI=1S/C19H22N4O3/c1-12(16-9-13-6-7-14(16)8-13)21-11-15(10-20)19(24)22-17-4-2-3-5-18(17)23(25)26/h2-5,11-14,16,21H,6-9H2,1H3,(H,22,24)/b15-11-. The molecule has 0 spiro atoms. The molecule has 2 bridgehead atoms. The Hall–Kier alpha value is -2.88. The molecule has 1 aromatic rings. The van der Waals surface area contributed by atoms with Gasteiger partial charge in [0.15, 0.2) is 0 Å². The lowest BCUT2D eigenvalue weighted by atomic mass is 9.84. The Labute approximate surface area is 152 Å². The van der Waals surface area contributed by atoms with E-state index in [-0.39, 0.29) is 23.0 Å². The van der Waals surface area contributed by atoms with Crippen LogP contribution in [0.15, 0.2) is 36.0 Å². The zero-order chi connectivity index (χ0) is 18.7. The number of nitrogens with one attached hydrogen (secondary N) is 2. The summed E-state index contributed by atoms with van der Waals surface area (Å²) in [6.07, 6.45) is 6.53. The molecule has 0 saturated heterocycles. The van der Waals surface area contributed by atoms with Gasteiger partial charge in [-0.1, -0.05) is 18.6 Å². The Morgan fingerprint density at radius 1 is 1.38 bits per heavy atom. The van der Waals surface area contributed by atoms with Gasteiger partial charge in [0.1, 0.15) is 17.3 Å². The predicted octanol–water partition coefficient (Wildman–Crippen LogP) is 3.36. The van der Waals surface area contributed by atoms with Gasteiger partial charge in [-0.3, -0.25) is 14.9 Å². The van der Waals surface area contributed by atoms with Crippen LogP contribution in [0.2, 0.25) is 0 Å². The quantitative estimate of drug-likeness (QED) is 0.352. The normalized spacial score (nSPS) is 25.4. The maximum absolute atomic E-state index is 12.3. The van der Waals surface area contributed by atoms with E-state index in [1.54, 1.807) is 6.07 Å². The average molecular weight is 354 g/mol. The van der Waals surface area contributed by atoms with Crippen molar-refractivity contribution < 1.29 is 9.72 Å². The zero-order valence-electron chi connectivity index (χ0n) is 14.6. The smallest absolute Gasteiger partial charge is 0.292 e. The first kappa shape index (κ1) is 17.9. The Kier molecular flexibility index (Phi) is 5.21. The maximum atomic E-state index is 12.3. The molecule has 2 fully saturated rings. The number of carbonyl (C=O) groups excluding carboxylic acids is 1. The highest BCUT2D eigenvalue weighted by Crippen LogP contribution is 2.49. The lowest BCUT2D eigenvalue weighted by Crippen LogP contribution is -2.34. The third-order valence-electron chi connectivity index (χ3n) is 5.64. The molecule has 1 aromatic carbocycles. The molecule has 3 rings (SSSR count). The summed E-state index contributed by atoms with van der Waals surface area (Å²) in [4.78, 5) is 22.8. The second kappa shape index (κ2) is 7.56. The molecule has 2 saturated carbocycles. The van der Waals surface area contributed by atoms with Crippen molar-refractivity contribution in [2.45, 2.75) is 38.6 Å². The molecule has 2 aliphatic carbocycles.